The highest BCUT2D eigenvalue weighted by Crippen LogP contribution is 2.19. The fourth-order valence-electron chi connectivity index (χ4n) is 1.90. The number of nitrogens with one attached hydrogen (secondary N) is 1. The van der Waals surface area contributed by atoms with E-state index in [1.165, 1.54) is 12.1 Å². The second kappa shape index (κ2) is 6.55. The SMILES string of the molecule is O=[N+]([O-])c1ccc(F)cc1CNCC1COCCO1. The van der Waals surface area contributed by atoms with Gasteiger partial charge in [0, 0.05) is 24.7 Å². The normalized spacial score (nSPS) is 19.3. The van der Waals surface area contributed by atoms with E-state index < -0.39 is 10.7 Å². The molecule has 1 aromatic rings. The van der Waals surface area contributed by atoms with Crippen LogP contribution < -0.4 is 5.32 Å². The van der Waals surface area contributed by atoms with E-state index in [9.17, 15) is 14.5 Å². The fraction of sp³-hybridized carbons (Fsp3) is 0.500. The second-order valence-electron chi connectivity index (χ2n) is 4.23. The van der Waals surface area contributed by atoms with Gasteiger partial charge in [-0.2, -0.15) is 0 Å². The van der Waals surface area contributed by atoms with Crippen molar-refractivity contribution in [3.05, 3.63) is 39.7 Å². The third-order valence-corrected chi connectivity index (χ3v) is 2.81. The number of halogens is 1. The number of hydrogen-bond acceptors (Lipinski definition) is 5. The van der Waals surface area contributed by atoms with Gasteiger partial charge in [-0.3, -0.25) is 10.1 Å². The third kappa shape index (κ3) is 3.95. The molecule has 0 radical (unpaired) electrons. The van der Waals surface area contributed by atoms with Gasteiger partial charge in [0.15, 0.2) is 0 Å². The van der Waals surface area contributed by atoms with Gasteiger partial charge in [0.1, 0.15) is 5.82 Å². The second-order valence-corrected chi connectivity index (χ2v) is 4.23. The van der Waals surface area contributed by atoms with Gasteiger partial charge in [0.05, 0.1) is 30.8 Å². The molecule has 1 aliphatic heterocycles. The van der Waals surface area contributed by atoms with Crippen LogP contribution in [0.5, 0.6) is 0 Å². The van der Waals surface area contributed by atoms with Crippen molar-refractivity contribution >= 4 is 5.69 Å². The summed E-state index contributed by atoms with van der Waals surface area (Å²) in [6.07, 6.45) is -0.0682. The third-order valence-electron chi connectivity index (χ3n) is 2.81. The summed E-state index contributed by atoms with van der Waals surface area (Å²) in [4.78, 5) is 10.3. The van der Waals surface area contributed by atoms with Crippen molar-refractivity contribution in [3.63, 3.8) is 0 Å². The van der Waals surface area contributed by atoms with Gasteiger partial charge in [0.25, 0.3) is 5.69 Å². The number of nitro groups is 1. The van der Waals surface area contributed by atoms with Gasteiger partial charge < -0.3 is 14.8 Å². The maximum atomic E-state index is 13.1. The minimum Gasteiger partial charge on any atom is -0.376 e. The molecule has 1 fully saturated rings. The molecular formula is C12H15FN2O4. The Morgan fingerprint density at radius 3 is 3.00 bits per heavy atom. The summed E-state index contributed by atoms with van der Waals surface area (Å²) in [6.45, 7) is 2.36. The molecule has 1 N–H and O–H groups in total. The number of nitro benzene ring substituents is 1. The first-order chi connectivity index (χ1) is 9.16. The van der Waals surface area contributed by atoms with Crippen molar-refractivity contribution < 1.29 is 18.8 Å². The van der Waals surface area contributed by atoms with Crippen LogP contribution >= 0.6 is 0 Å². The minimum atomic E-state index is -0.517. The van der Waals surface area contributed by atoms with E-state index in [0.29, 0.717) is 31.9 Å². The lowest BCUT2D eigenvalue weighted by Gasteiger charge is -2.23. The zero-order valence-electron chi connectivity index (χ0n) is 10.3. The molecule has 0 bridgehead atoms. The largest absolute Gasteiger partial charge is 0.376 e. The van der Waals surface area contributed by atoms with Crippen LogP contribution in [0.1, 0.15) is 5.56 Å². The zero-order valence-corrected chi connectivity index (χ0v) is 10.3. The van der Waals surface area contributed by atoms with Crippen LogP contribution in [0.4, 0.5) is 10.1 Å². The molecule has 19 heavy (non-hydrogen) atoms. The molecule has 6 nitrogen and oxygen atoms in total. The summed E-state index contributed by atoms with van der Waals surface area (Å²) >= 11 is 0. The van der Waals surface area contributed by atoms with E-state index in [2.05, 4.69) is 5.32 Å². The van der Waals surface area contributed by atoms with Gasteiger partial charge in [0.2, 0.25) is 0 Å². The Morgan fingerprint density at radius 2 is 2.32 bits per heavy atom. The first-order valence-corrected chi connectivity index (χ1v) is 5.99. The van der Waals surface area contributed by atoms with Crippen LogP contribution in [-0.2, 0) is 16.0 Å². The smallest absolute Gasteiger partial charge is 0.274 e. The first kappa shape index (κ1) is 13.9. The van der Waals surface area contributed by atoms with Crippen LogP contribution in [0.15, 0.2) is 18.2 Å². The molecule has 1 heterocycles. The fourth-order valence-corrected chi connectivity index (χ4v) is 1.90. The lowest BCUT2D eigenvalue weighted by atomic mass is 10.1. The number of benzene rings is 1. The van der Waals surface area contributed by atoms with Crippen LogP contribution in [0.3, 0.4) is 0 Å². The molecule has 0 spiro atoms. The Kier molecular flexibility index (Phi) is 4.78. The summed E-state index contributed by atoms with van der Waals surface area (Å²) in [5.74, 6) is -0.486. The number of rotatable bonds is 5. The lowest BCUT2D eigenvalue weighted by molar-refractivity contribution is -0.385. The van der Waals surface area contributed by atoms with Crippen molar-refractivity contribution in [2.75, 3.05) is 26.4 Å². The molecule has 1 unspecified atom stereocenters. The average molecular weight is 270 g/mol. The average Bonchev–Trinajstić information content (AvgIpc) is 2.39. The van der Waals surface area contributed by atoms with Crippen LogP contribution in [0, 0.1) is 15.9 Å². The molecule has 2 rings (SSSR count). The molecule has 1 aromatic carbocycles. The quantitative estimate of drug-likeness (QED) is 0.643. The Labute approximate surface area is 109 Å². The zero-order chi connectivity index (χ0) is 13.7. The van der Waals surface area contributed by atoms with Gasteiger partial charge >= 0.3 is 0 Å². The predicted octanol–water partition coefficient (Wildman–Crippen LogP) is 1.24. The van der Waals surface area contributed by atoms with Crippen LogP contribution in [0.2, 0.25) is 0 Å². The van der Waals surface area contributed by atoms with E-state index in [-0.39, 0.29) is 18.3 Å². The molecule has 104 valence electrons. The van der Waals surface area contributed by atoms with Crippen molar-refractivity contribution in [3.8, 4) is 0 Å². The Morgan fingerprint density at radius 1 is 1.47 bits per heavy atom. The van der Waals surface area contributed by atoms with Gasteiger partial charge in [-0.1, -0.05) is 0 Å². The Hall–Kier alpha value is -1.57. The molecule has 0 saturated carbocycles. The van der Waals surface area contributed by atoms with E-state index in [4.69, 9.17) is 9.47 Å². The molecule has 0 amide bonds. The molecule has 0 aromatic heterocycles. The van der Waals surface area contributed by atoms with Crippen molar-refractivity contribution in [1.29, 1.82) is 0 Å². The first-order valence-electron chi connectivity index (χ1n) is 5.99. The van der Waals surface area contributed by atoms with E-state index in [1.54, 1.807) is 0 Å². The molecule has 1 saturated heterocycles. The van der Waals surface area contributed by atoms with Gasteiger partial charge in [-0.05, 0) is 12.1 Å². The maximum Gasteiger partial charge on any atom is 0.274 e. The highest BCUT2D eigenvalue weighted by atomic mass is 19.1. The number of ether oxygens (including phenoxy) is 2. The van der Waals surface area contributed by atoms with Crippen LogP contribution in [0.25, 0.3) is 0 Å². The molecular weight excluding hydrogens is 255 g/mol. The summed E-state index contributed by atoms with van der Waals surface area (Å²) in [7, 11) is 0. The highest BCUT2D eigenvalue weighted by molar-refractivity contribution is 5.40. The van der Waals surface area contributed by atoms with Gasteiger partial charge in [-0.15, -0.1) is 0 Å². The molecule has 0 aliphatic carbocycles. The summed E-state index contributed by atoms with van der Waals surface area (Å²) < 4.78 is 23.8. The number of hydrogen-bond donors (Lipinski definition) is 1. The predicted molar refractivity (Wildman–Crippen MR) is 65.3 cm³/mol. The van der Waals surface area contributed by atoms with E-state index in [0.717, 1.165) is 6.07 Å². The Bertz CT molecular complexity index is 449. The monoisotopic (exact) mass is 270 g/mol. The molecule has 1 atom stereocenters. The van der Waals surface area contributed by atoms with Crippen molar-refractivity contribution in [1.82, 2.24) is 5.32 Å². The molecule has 1 aliphatic rings. The minimum absolute atomic E-state index is 0.0682. The van der Waals surface area contributed by atoms with E-state index in [1.807, 2.05) is 0 Å². The van der Waals surface area contributed by atoms with Crippen LogP contribution in [-0.4, -0.2) is 37.4 Å². The van der Waals surface area contributed by atoms with Crippen molar-refractivity contribution in [2.45, 2.75) is 12.6 Å². The van der Waals surface area contributed by atoms with E-state index >= 15 is 0 Å². The van der Waals surface area contributed by atoms with Crippen molar-refractivity contribution in [2.24, 2.45) is 0 Å². The molecule has 7 heteroatoms. The number of nitrogens with zero attached hydrogens (tertiary/aromatic N) is 1. The lowest BCUT2D eigenvalue weighted by Crippen LogP contribution is -2.37. The Balaban J connectivity index is 1.91. The van der Waals surface area contributed by atoms with Gasteiger partial charge in [-0.25, -0.2) is 4.39 Å². The summed E-state index contributed by atoms with van der Waals surface area (Å²) in [5, 5.41) is 13.8. The summed E-state index contributed by atoms with van der Waals surface area (Å²) in [5.41, 5.74) is 0.233. The topological polar surface area (TPSA) is 73.6 Å². The standard InChI is InChI=1S/C12H15FN2O4/c13-10-1-2-12(15(16)17)9(5-10)6-14-7-11-8-18-3-4-19-11/h1-2,5,11,14H,3-4,6-8H2. The highest BCUT2D eigenvalue weighted by Gasteiger charge is 2.16. The maximum absolute atomic E-state index is 13.1. The summed E-state index contributed by atoms with van der Waals surface area (Å²) in [6, 6.07) is 3.43.